The first kappa shape index (κ1) is 11.1. The summed E-state index contributed by atoms with van der Waals surface area (Å²) in [6.07, 6.45) is 1.97. The van der Waals surface area contributed by atoms with Crippen molar-refractivity contribution in [3.8, 4) is 0 Å². The number of nitrogens with two attached hydrogens (primary N) is 1. The van der Waals surface area contributed by atoms with Crippen molar-refractivity contribution in [2.45, 2.75) is 12.8 Å². The first-order valence-corrected chi connectivity index (χ1v) is 5.13. The van der Waals surface area contributed by atoms with Crippen molar-refractivity contribution < 1.29 is 13.3 Å². The molecule has 0 aliphatic carbocycles. The predicted molar refractivity (Wildman–Crippen MR) is 45.4 cm³/mol. The van der Waals surface area contributed by atoms with E-state index in [2.05, 4.69) is 0 Å². The Kier molecular flexibility index (Phi) is 8.20. The molecule has 4 nitrogen and oxygen atoms in total. The Labute approximate surface area is 69.6 Å². The van der Waals surface area contributed by atoms with Crippen molar-refractivity contribution in [1.29, 1.82) is 0 Å². The maximum atomic E-state index is 5.30. The smallest absolute Gasteiger partial charge is 0.379 e. The monoisotopic (exact) mass is 179 g/mol. The second-order valence-corrected chi connectivity index (χ2v) is 3.98. The summed E-state index contributed by atoms with van der Waals surface area (Å²) in [5, 5.41) is 0. The lowest BCUT2D eigenvalue weighted by Crippen LogP contribution is -2.24. The van der Waals surface area contributed by atoms with Crippen molar-refractivity contribution in [2.24, 2.45) is 5.73 Å². The fraction of sp³-hybridized carbons (Fsp3) is 1.00. The molecule has 0 aliphatic rings. The van der Waals surface area contributed by atoms with E-state index in [4.69, 9.17) is 19.0 Å². The Bertz CT molecular complexity index is 80.2. The third-order valence-corrected chi connectivity index (χ3v) is 2.51. The molecule has 0 saturated heterocycles. The highest BCUT2D eigenvalue weighted by atomic mass is 28.3. The van der Waals surface area contributed by atoms with Crippen molar-refractivity contribution >= 4 is 9.53 Å². The van der Waals surface area contributed by atoms with Gasteiger partial charge in [0.1, 0.15) is 0 Å². The Morgan fingerprint density at radius 2 is 1.82 bits per heavy atom. The second kappa shape index (κ2) is 8.16. The summed E-state index contributed by atoms with van der Waals surface area (Å²) in [6.45, 7) is 1.41. The van der Waals surface area contributed by atoms with Crippen LogP contribution in [0.5, 0.6) is 0 Å². The lowest BCUT2D eigenvalue weighted by molar-refractivity contribution is 0.133. The minimum atomic E-state index is -1.78. The Morgan fingerprint density at radius 3 is 2.27 bits per heavy atom. The van der Waals surface area contributed by atoms with Gasteiger partial charge in [0.05, 0.1) is 0 Å². The summed E-state index contributed by atoms with van der Waals surface area (Å²) in [7, 11) is 1.43. The van der Waals surface area contributed by atoms with Crippen LogP contribution in [0, 0.1) is 0 Å². The molecule has 0 spiro atoms. The summed E-state index contributed by atoms with van der Waals surface area (Å²) < 4.78 is 15.2. The zero-order valence-electron chi connectivity index (χ0n) is 7.21. The molecule has 5 heteroatoms. The summed E-state index contributed by atoms with van der Waals surface area (Å²) in [6, 6.07) is 0. The summed E-state index contributed by atoms with van der Waals surface area (Å²) in [5.74, 6) is 0. The molecule has 0 aromatic heterocycles. The quantitative estimate of drug-likeness (QED) is 0.432. The third-order valence-electron chi connectivity index (χ3n) is 1.24. The molecule has 0 atom stereocenters. The number of hydrogen-bond acceptors (Lipinski definition) is 4. The zero-order chi connectivity index (χ0) is 8.53. The van der Waals surface area contributed by atoms with E-state index >= 15 is 0 Å². The van der Waals surface area contributed by atoms with E-state index < -0.39 is 9.53 Å². The molecular formula is C6H17NO3Si. The van der Waals surface area contributed by atoms with Crippen molar-refractivity contribution in [1.82, 2.24) is 0 Å². The van der Waals surface area contributed by atoms with Gasteiger partial charge in [-0.3, -0.25) is 0 Å². The molecule has 0 bridgehead atoms. The summed E-state index contributed by atoms with van der Waals surface area (Å²) in [5.41, 5.74) is 5.30. The topological polar surface area (TPSA) is 53.7 Å². The molecule has 0 unspecified atom stereocenters. The van der Waals surface area contributed by atoms with Crippen LogP contribution in [-0.4, -0.2) is 36.9 Å². The maximum Gasteiger partial charge on any atom is 0.483 e. The molecule has 0 aromatic carbocycles. The van der Waals surface area contributed by atoms with E-state index in [9.17, 15) is 0 Å². The molecule has 0 rings (SSSR count). The molecule has 68 valence electrons. The van der Waals surface area contributed by atoms with Crippen LogP contribution in [0.15, 0.2) is 0 Å². The van der Waals surface area contributed by atoms with Crippen LogP contribution in [0.3, 0.4) is 0 Å². The molecule has 0 heterocycles. The standard InChI is InChI=1S/C6H17NO3Si/c1-8-11(9-2)10-6-4-3-5-7/h11H,3-7H2,1-2H3. The van der Waals surface area contributed by atoms with Gasteiger partial charge in [-0.2, -0.15) is 0 Å². The molecule has 0 saturated carbocycles. The van der Waals surface area contributed by atoms with Crippen LogP contribution in [0.2, 0.25) is 0 Å². The minimum absolute atomic E-state index is 0.690. The fourth-order valence-corrected chi connectivity index (χ4v) is 1.48. The molecular weight excluding hydrogens is 162 g/mol. The Hall–Kier alpha value is 0.0569. The van der Waals surface area contributed by atoms with Gasteiger partial charge in [0, 0.05) is 20.8 Å². The van der Waals surface area contributed by atoms with Gasteiger partial charge in [-0.15, -0.1) is 0 Å². The Balaban J connectivity index is 3.07. The molecule has 2 N–H and O–H groups in total. The van der Waals surface area contributed by atoms with E-state index in [1.807, 2.05) is 0 Å². The largest absolute Gasteiger partial charge is 0.483 e. The fourth-order valence-electron chi connectivity index (χ4n) is 0.658. The normalized spacial score (nSPS) is 10.9. The molecule has 0 amide bonds. The van der Waals surface area contributed by atoms with Gasteiger partial charge in [0.15, 0.2) is 0 Å². The molecule has 0 fully saturated rings. The third kappa shape index (κ3) is 6.45. The van der Waals surface area contributed by atoms with Crippen molar-refractivity contribution in [3.63, 3.8) is 0 Å². The van der Waals surface area contributed by atoms with Crippen LogP contribution in [0.4, 0.5) is 0 Å². The van der Waals surface area contributed by atoms with Crippen LogP contribution >= 0.6 is 0 Å². The molecule has 0 aromatic rings. The van der Waals surface area contributed by atoms with Gasteiger partial charge < -0.3 is 19.0 Å². The lowest BCUT2D eigenvalue weighted by Gasteiger charge is -2.10. The van der Waals surface area contributed by atoms with Crippen LogP contribution in [0.25, 0.3) is 0 Å². The minimum Gasteiger partial charge on any atom is -0.379 e. The maximum absolute atomic E-state index is 5.30. The molecule has 0 aliphatic heterocycles. The second-order valence-electron chi connectivity index (χ2n) is 2.13. The van der Waals surface area contributed by atoms with E-state index in [0.717, 1.165) is 19.4 Å². The highest BCUT2D eigenvalue weighted by Gasteiger charge is 2.08. The van der Waals surface area contributed by atoms with Gasteiger partial charge >= 0.3 is 9.53 Å². The van der Waals surface area contributed by atoms with Gasteiger partial charge in [0.2, 0.25) is 0 Å². The van der Waals surface area contributed by atoms with E-state index in [0.29, 0.717) is 6.61 Å². The molecule has 11 heavy (non-hydrogen) atoms. The van der Waals surface area contributed by atoms with Crippen molar-refractivity contribution in [2.75, 3.05) is 27.4 Å². The first-order valence-electron chi connectivity index (χ1n) is 3.72. The van der Waals surface area contributed by atoms with Crippen LogP contribution in [-0.2, 0) is 13.3 Å². The number of rotatable bonds is 7. The van der Waals surface area contributed by atoms with Crippen LogP contribution in [0.1, 0.15) is 12.8 Å². The van der Waals surface area contributed by atoms with Gasteiger partial charge in [0.25, 0.3) is 0 Å². The first-order chi connectivity index (χ1) is 5.35. The number of hydrogen-bond donors (Lipinski definition) is 1. The highest BCUT2D eigenvalue weighted by molar-refractivity contribution is 6.36. The van der Waals surface area contributed by atoms with Crippen molar-refractivity contribution in [3.05, 3.63) is 0 Å². The van der Waals surface area contributed by atoms with E-state index in [-0.39, 0.29) is 0 Å². The summed E-state index contributed by atoms with van der Waals surface area (Å²) >= 11 is 0. The van der Waals surface area contributed by atoms with Gasteiger partial charge in [-0.05, 0) is 19.4 Å². The summed E-state index contributed by atoms with van der Waals surface area (Å²) in [4.78, 5) is 0. The van der Waals surface area contributed by atoms with E-state index in [1.54, 1.807) is 14.2 Å². The highest BCUT2D eigenvalue weighted by Crippen LogP contribution is 1.92. The average Bonchev–Trinajstić information content (AvgIpc) is 2.05. The lowest BCUT2D eigenvalue weighted by atomic mass is 10.3. The number of unbranched alkanes of at least 4 members (excludes halogenated alkanes) is 1. The van der Waals surface area contributed by atoms with E-state index in [1.165, 1.54) is 0 Å². The van der Waals surface area contributed by atoms with Gasteiger partial charge in [-0.25, -0.2) is 0 Å². The average molecular weight is 179 g/mol. The zero-order valence-corrected chi connectivity index (χ0v) is 8.36. The van der Waals surface area contributed by atoms with Crippen LogP contribution < -0.4 is 5.73 Å². The van der Waals surface area contributed by atoms with Gasteiger partial charge in [-0.1, -0.05) is 0 Å². The SMILES string of the molecule is CO[SiH](OC)OCCCCN. The Morgan fingerprint density at radius 1 is 1.18 bits per heavy atom. The molecule has 0 radical (unpaired) electrons. The predicted octanol–water partition coefficient (Wildman–Crippen LogP) is -0.248.